The summed E-state index contributed by atoms with van der Waals surface area (Å²) in [6.07, 6.45) is 1.21. The molecule has 0 aliphatic rings. The molecule has 1 heterocycles. The zero-order chi connectivity index (χ0) is 21.6. The number of carbonyl (C=O) groups is 1. The normalized spacial score (nSPS) is 10.9. The average molecular weight is 404 g/mol. The van der Waals surface area contributed by atoms with Crippen molar-refractivity contribution in [3.63, 3.8) is 0 Å². The molecule has 0 unspecified atom stereocenters. The lowest BCUT2D eigenvalue weighted by atomic mass is 10.1. The molecule has 2 rings (SSSR count). The van der Waals surface area contributed by atoms with Gasteiger partial charge in [0.15, 0.2) is 0 Å². The third-order valence-corrected chi connectivity index (χ3v) is 3.86. The summed E-state index contributed by atoms with van der Waals surface area (Å²) in [7, 11) is 0. The first-order valence-electron chi connectivity index (χ1n) is 9.25. The summed E-state index contributed by atoms with van der Waals surface area (Å²) in [5.74, 6) is -0.476. The highest BCUT2D eigenvalue weighted by Crippen LogP contribution is 2.32. The molecule has 0 saturated carbocycles. The van der Waals surface area contributed by atoms with Crippen LogP contribution in [0.2, 0.25) is 0 Å². The van der Waals surface area contributed by atoms with Gasteiger partial charge in [-0.3, -0.25) is 25.8 Å². The van der Waals surface area contributed by atoms with E-state index in [0.717, 1.165) is 12.1 Å². The number of hydrogen-bond acceptors (Lipinski definition) is 7. The van der Waals surface area contributed by atoms with E-state index < -0.39 is 16.6 Å². The summed E-state index contributed by atoms with van der Waals surface area (Å²) in [5.41, 5.74) is 4.72. The topological polar surface area (TPSA) is 113 Å². The van der Waals surface area contributed by atoms with Gasteiger partial charge >= 0.3 is 5.69 Å². The highest BCUT2D eigenvalue weighted by molar-refractivity contribution is 5.95. The number of nitrogens with zero attached hydrogens (tertiary/aromatic N) is 4. The molecule has 2 N–H and O–H groups in total. The first-order chi connectivity index (χ1) is 13.7. The van der Waals surface area contributed by atoms with Crippen molar-refractivity contribution in [1.82, 2.24) is 15.4 Å². The molecular weight excluding hydrogens is 379 g/mol. The highest BCUT2D eigenvalue weighted by atomic mass is 19.1. The van der Waals surface area contributed by atoms with Crippen LogP contribution in [0.25, 0.3) is 0 Å². The quantitative estimate of drug-likeness (QED) is 0.486. The summed E-state index contributed by atoms with van der Waals surface area (Å²) in [5, 5.41) is 11.8. The van der Waals surface area contributed by atoms with E-state index >= 15 is 0 Å². The minimum absolute atomic E-state index is 0.132. The third kappa shape index (κ3) is 6.09. The number of aromatic nitrogens is 2. The van der Waals surface area contributed by atoms with E-state index in [9.17, 15) is 19.3 Å². The third-order valence-electron chi connectivity index (χ3n) is 3.86. The molecule has 0 saturated heterocycles. The number of hydrazine groups is 1. The van der Waals surface area contributed by atoms with Gasteiger partial charge in [-0.05, 0) is 36.1 Å². The number of amides is 1. The summed E-state index contributed by atoms with van der Waals surface area (Å²) in [6.45, 7) is 9.23. The van der Waals surface area contributed by atoms with Gasteiger partial charge in [0.2, 0.25) is 11.6 Å². The molecule has 1 aromatic carbocycles. The van der Waals surface area contributed by atoms with Gasteiger partial charge in [-0.25, -0.2) is 14.4 Å². The second kappa shape index (κ2) is 9.76. The molecule has 0 aliphatic heterocycles. The first kappa shape index (κ1) is 22.0. The summed E-state index contributed by atoms with van der Waals surface area (Å²) in [4.78, 5) is 33.3. The number of nitro groups is 1. The number of carbonyl (C=O) groups excluding carboxylic acids is 1. The zero-order valence-corrected chi connectivity index (χ0v) is 16.8. The fourth-order valence-electron chi connectivity index (χ4n) is 2.78. The molecule has 0 fully saturated rings. The molecule has 0 aliphatic carbocycles. The van der Waals surface area contributed by atoms with Crippen LogP contribution in [0.4, 0.5) is 21.7 Å². The fraction of sp³-hybridized carbons (Fsp3) is 0.421. The molecule has 0 bridgehead atoms. The van der Waals surface area contributed by atoms with Gasteiger partial charge in [0.1, 0.15) is 12.1 Å². The smallest absolute Gasteiger partial charge is 0.350 e. The van der Waals surface area contributed by atoms with Crippen molar-refractivity contribution < 1.29 is 14.1 Å². The van der Waals surface area contributed by atoms with Crippen molar-refractivity contribution in [2.75, 3.05) is 23.4 Å². The monoisotopic (exact) mass is 404 g/mol. The van der Waals surface area contributed by atoms with Crippen LogP contribution in [0.15, 0.2) is 30.6 Å². The van der Waals surface area contributed by atoms with Gasteiger partial charge in [-0.2, -0.15) is 0 Å². The number of nitrogens with one attached hydrogen (secondary N) is 2. The van der Waals surface area contributed by atoms with E-state index in [-0.39, 0.29) is 34.7 Å². The van der Waals surface area contributed by atoms with Crippen molar-refractivity contribution in [3.8, 4) is 0 Å². The Morgan fingerprint density at radius 2 is 1.72 bits per heavy atom. The number of benzene rings is 1. The molecule has 2 aromatic rings. The van der Waals surface area contributed by atoms with Crippen molar-refractivity contribution in [2.45, 2.75) is 27.7 Å². The lowest BCUT2D eigenvalue weighted by molar-refractivity contribution is -0.383. The molecule has 0 radical (unpaired) electrons. The highest BCUT2D eigenvalue weighted by Gasteiger charge is 2.28. The summed E-state index contributed by atoms with van der Waals surface area (Å²) >= 11 is 0. The Balaban J connectivity index is 2.30. The van der Waals surface area contributed by atoms with Gasteiger partial charge in [-0.15, -0.1) is 0 Å². The predicted molar refractivity (Wildman–Crippen MR) is 108 cm³/mol. The Morgan fingerprint density at radius 3 is 2.24 bits per heavy atom. The van der Waals surface area contributed by atoms with Crippen LogP contribution < -0.4 is 15.8 Å². The van der Waals surface area contributed by atoms with E-state index in [1.165, 1.54) is 18.5 Å². The minimum atomic E-state index is -0.583. The van der Waals surface area contributed by atoms with Crippen LogP contribution in [0.3, 0.4) is 0 Å². The molecule has 10 heteroatoms. The summed E-state index contributed by atoms with van der Waals surface area (Å²) < 4.78 is 13.0. The van der Waals surface area contributed by atoms with Gasteiger partial charge in [0, 0.05) is 18.7 Å². The average Bonchev–Trinajstić information content (AvgIpc) is 2.64. The largest absolute Gasteiger partial charge is 0.355 e. The molecule has 1 amide bonds. The van der Waals surface area contributed by atoms with E-state index in [2.05, 4.69) is 20.8 Å². The Morgan fingerprint density at radius 1 is 1.14 bits per heavy atom. The second-order valence-corrected chi connectivity index (χ2v) is 7.43. The van der Waals surface area contributed by atoms with E-state index in [0.29, 0.717) is 13.1 Å². The van der Waals surface area contributed by atoms with E-state index in [1.807, 2.05) is 32.6 Å². The number of hydrogen-bond donors (Lipinski definition) is 2. The van der Waals surface area contributed by atoms with Gasteiger partial charge in [-0.1, -0.05) is 27.7 Å². The van der Waals surface area contributed by atoms with Gasteiger partial charge < -0.3 is 4.90 Å². The summed E-state index contributed by atoms with van der Waals surface area (Å²) in [6, 6.07) is 4.91. The standard InChI is InChI=1S/C19H25FN6O3/c1-12(2)9-25(10-13(3)4)18-16(26(28)29)17(21-11-22-18)23-24-19(27)14-5-7-15(20)8-6-14/h5-8,11-13H,9-10H2,1-4H3,(H,24,27)(H,21,22,23). The molecule has 156 valence electrons. The first-order valence-corrected chi connectivity index (χ1v) is 9.25. The fourth-order valence-corrected chi connectivity index (χ4v) is 2.78. The van der Waals surface area contributed by atoms with Crippen molar-refractivity contribution >= 4 is 23.2 Å². The van der Waals surface area contributed by atoms with Crippen molar-refractivity contribution in [3.05, 3.63) is 52.1 Å². The molecule has 9 nitrogen and oxygen atoms in total. The molecule has 29 heavy (non-hydrogen) atoms. The lowest BCUT2D eigenvalue weighted by Gasteiger charge is -2.27. The predicted octanol–water partition coefficient (Wildman–Crippen LogP) is 3.40. The molecule has 0 spiro atoms. The van der Waals surface area contributed by atoms with Gasteiger partial charge in [0.05, 0.1) is 4.92 Å². The Hall–Kier alpha value is -3.30. The Labute approximate surface area is 168 Å². The van der Waals surface area contributed by atoms with Crippen LogP contribution in [-0.2, 0) is 0 Å². The van der Waals surface area contributed by atoms with Crippen molar-refractivity contribution in [1.29, 1.82) is 0 Å². The molecule has 1 aromatic heterocycles. The minimum Gasteiger partial charge on any atom is -0.350 e. The number of halogens is 1. The van der Waals surface area contributed by atoms with E-state index in [1.54, 1.807) is 0 Å². The van der Waals surface area contributed by atoms with Crippen LogP contribution in [0.1, 0.15) is 38.1 Å². The zero-order valence-electron chi connectivity index (χ0n) is 16.8. The SMILES string of the molecule is CC(C)CN(CC(C)C)c1ncnc(NNC(=O)c2ccc(F)cc2)c1[N+](=O)[O-]. The van der Waals surface area contributed by atoms with Crippen LogP contribution in [-0.4, -0.2) is 33.9 Å². The maximum Gasteiger partial charge on any atom is 0.355 e. The van der Waals surface area contributed by atoms with Crippen LogP contribution in [0, 0.1) is 27.8 Å². The van der Waals surface area contributed by atoms with Crippen LogP contribution >= 0.6 is 0 Å². The second-order valence-electron chi connectivity index (χ2n) is 7.43. The van der Waals surface area contributed by atoms with Gasteiger partial charge in [0.25, 0.3) is 5.91 Å². The Bertz CT molecular complexity index is 848. The number of rotatable bonds is 9. The lowest BCUT2D eigenvalue weighted by Crippen LogP contribution is -2.34. The Kier molecular flexibility index (Phi) is 7.40. The van der Waals surface area contributed by atoms with Crippen molar-refractivity contribution in [2.24, 2.45) is 11.8 Å². The molecule has 0 atom stereocenters. The maximum atomic E-state index is 13.0. The van der Waals surface area contributed by atoms with E-state index in [4.69, 9.17) is 0 Å². The maximum absolute atomic E-state index is 13.0. The van der Waals surface area contributed by atoms with Crippen LogP contribution in [0.5, 0.6) is 0 Å². The molecular formula is C19H25FN6O3. The number of anilines is 2.